The number of anilines is 1. The van der Waals surface area contributed by atoms with E-state index in [0.29, 0.717) is 25.5 Å². The Morgan fingerprint density at radius 2 is 1.86 bits per heavy atom. The van der Waals surface area contributed by atoms with Crippen molar-refractivity contribution >= 4 is 11.7 Å². The highest BCUT2D eigenvalue weighted by Crippen LogP contribution is 2.28. The molecule has 1 aromatic heterocycles. The predicted octanol–water partition coefficient (Wildman–Crippen LogP) is 3.31. The van der Waals surface area contributed by atoms with Crippen molar-refractivity contribution in [3.8, 4) is 17.0 Å². The summed E-state index contributed by atoms with van der Waals surface area (Å²) in [6.07, 6.45) is 0. The van der Waals surface area contributed by atoms with Gasteiger partial charge in [0.2, 0.25) is 5.91 Å². The summed E-state index contributed by atoms with van der Waals surface area (Å²) in [5.74, 6) is 1.58. The third-order valence-corrected chi connectivity index (χ3v) is 5.13. The number of nitrogens with zero attached hydrogens (tertiary/aromatic N) is 4. The number of amides is 1. The lowest BCUT2D eigenvalue weighted by Crippen LogP contribution is -2.50. The molecule has 0 atom stereocenters. The SMILES string of the molecule is COc1ccccc1-c1ccc(N2CCN(Cc3cccc(C)c3)C(=O)C2)nn1. The van der Waals surface area contributed by atoms with Crippen molar-refractivity contribution in [2.24, 2.45) is 0 Å². The molecule has 29 heavy (non-hydrogen) atoms. The van der Waals surface area contributed by atoms with Gasteiger partial charge in [0.15, 0.2) is 5.82 Å². The summed E-state index contributed by atoms with van der Waals surface area (Å²) in [7, 11) is 1.64. The number of rotatable bonds is 5. The lowest BCUT2D eigenvalue weighted by atomic mass is 10.1. The fraction of sp³-hybridized carbons (Fsp3) is 0.261. The summed E-state index contributed by atoms with van der Waals surface area (Å²) in [5.41, 5.74) is 4.01. The Morgan fingerprint density at radius 1 is 1.00 bits per heavy atom. The number of aryl methyl sites for hydroxylation is 1. The predicted molar refractivity (Wildman–Crippen MR) is 113 cm³/mol. The Kier molecular flexibility index (Phi) is 5.42. The number of methoxy groups -OCH3 is 1. The van der Waals surface area contributed by atoms with Gasteiger partial charge in [-0.05, 0) is 36.8 Å². The van der Waals surface area contributed by atoms with Gasteiger partial charge in [-0.2, -0.15) is 0 Å². The van der Waals surface area contributed by atoms with E-state index in [1.165, 1.54) is 5.56 Å². The van der Waals surface area contributed by atoms with Crippen molar-refractivity contribution in [3.05, 3.63) is 71.8 Å². The van der Waals surface area contributed by atoms with E-state index in [2.05, 4.69) is 35.3 Å². The van der Waals surface area contributed by atoms with Crippen LogP contribution in [-0.4, -0.2) is 47.7 Å². The monoisotopic (exact) mass is 388 g/mol. The molecular weight excluding hydrogens is 364 g/mol. The van der Waals surface area contributed by atoms with Crippen LogP contribution in [0.25, 0.3) is 11.3 Å². The molecule has 1 saturated heterocycles. The first-order valence-electron chi connectivity index (χ1n) is 9.69. The van der Waals surface area contributed by atoms with Crippen molar-refractivity contribution in [1.29, 1.82) is 0 Å². The average molecular weight is 388 g/mol. The van der Waals surface area contributed by atoms with E-state index >= 15 is 0 Å². The van der Waals surface area contributed by atoms with Gasteiger partial charge in [-0.1, -0.05) is 42.0 Å². The van der Waals surface area contributed by atoms with E-state index in [4.69, 9.17) is 4.74 Å². The van der Waals surface area contributed by atoms with Crippen LogP contribution >= 0.6 is 0 Å². The van der Waals surface area contributed by atoms with Crippen LogP contribution in [-0.2, 0) is 11.3 Å². The lowest BCUT2D eigenvalue weighted by molar-refractivity contribution is -0.131. The van der Waals surface area contributed by atoms with Crippen LogP contribution < -0.4 is 9.64 Å². The average Bonchev–Trinajstić information content (AvgIpc) is 2.75. The molecule has 2 aromatic carbocycles. The molecule has 4 rings (SSSR count). The molecule has 6 nitrogen and oxygen atoms in total. The lowest BCUT2D eigenvalue weighted by Gasteiger charge is -2.34. The summed E-state index contributed by atoms with van der Waals surface area (Å²) in [5, 5.41) is 8.72. The van der Waals surface area contributed by atoms with Gasteiger partial charge in [0.05, 0.1) is 19.3 Å². The van der Waals surface area contributed by atoms with Crippen molar-refractivity contribution in [2.45, 2.75) is 13.5 Å². The molecule has 1 aliphatic rings. The molecule has 0 spiro atoms. The fourth-order valence-electron chi connectivity index (χ4n) is 3.60. The number of para-hydroxylation sites is 1. The molecule has 0 N–H and O–H groups in total. The first-order valence-corrected chi connectivity index (χ1v) is 9.69. The molecular formula is C23H24N4O2. The van der Waals surface area contributed by atoms with Crippen LogP contribution in [0.3, 0.4) is 0 Å². The summed E-state index contributed by atoms with van der Waals surface area (Å²) in [6, 6.07) is 19.8. The topological polar surface area (TPSA) is 58.6 Å². The summed E-state index contributed by atoms with van der Waals surface area (Å²) < 4.78 is 5.40. The van der Waals surface area contributed by atoms with Gasteiger partial charge < -0.3 is 14.5 Å². The number of carbonyl (C=O) groups excluding carboxylic acids is 1. The minimum atomic E-state index is 0.105. The summed E-state index contributed by atoms with van der Waals surface area (Å²) in [6.45, 7) is 4.43. The summed E-state index contributed by atoms with van der Waals surface area (Å²) >= 11 is 0. The van der Waals surface area contributed by atoms with Crippen molar-refractivity contribution in [2.75, 3.05) is 31.6 Å². The molecule has 0 saturated carbocycles. The number of hydrogen-bond donors (Lipinski definition) is 0. The van der Waals surface area contributed by atoms with Crippen LogP contribution in [0.15, 0.2) is 60.7 Å². The standard InChI is InChI=1S/C23H24N4O2/c1-17-6-5-7-18(14-17)15-27-13-12-26(16-23(27)28)22-11-10-20(24-25-22)19-8-3-4-9-21(19)29-2/h3-11,14H,12-13,15-16H2,1-2H3. The van der Waals surface area contributed by atoms with E-state index < -0.39 is 0 Å². The number of aromatic nitrogens is 2. The van der Waals surface area contributed by atoms with E-state index in [0.717, 1.165) is 29.1 Å². The molecule has 1 aliphatic heterocycles. The zero-order valence-corrected chi connectivity index (χ0v) is 16.7. The van der Waals surface area contributed by atoms with Gasteiger partial charge in [-0.3, -0.25) is 4.79 Å². The van der Waals surface area contributed by atoms with E-state index in [1.54, 1.807) is 7.11 Å². The largest absolute Gasteiger partial charge is 0.496 e. The van der Waals surface area contributed by atoms with Crippen LogP contribution in [0.5, 0.6) is 5.75 Å². The Bertz CT molecular complexity index is 1000. The van der Waals surface area contributed by atoms with Crippen molar-refractivity contribution in [3.63, 3.8) is 0 Å². The Morgan fingerprint density at radius 3 is 2.59 bits per heavy atom. The van der Waals surface area contributed by atoms with Gasteiger partial charge in [0.25, 0.3) is 0 Å². The van der Waals surface area contributed by atoms with E-state index in [1.807, 2.05) is 52.3 Å². The number of hydrogen-bond acceptors (Lipinski definition) is 5. The number of ether oxygens (including phenoxy) is 1. The highest BCUT2D eigenvalue weighted by atomic mass is 16.5. The maximum absolute atomic E-state index is 12.7. The number of carbonyl (C=O) groups is 1. The minimum absolute atomic E-state index is 0.105. The Labute approximate surface area is 170 Å². The molecule has 6 heteroatoms. The molecule has 1 fully saturated rings. The summed E-state index contributed by atoms with van der Waals surface area (Å²) in [4.78, 5) is 16.5. The van der Waals surface area contributed by atoms with Crippen LogP contribution in [0.2, 0.25) is 0 Å². The molecule has 0 bridgehead atoms. The fourth-order valence-corrected chi connectivity index (χ4v) is 3.60. The van der Waals surface area contributed by atoms with Crippen LogP contribution in [0.4, 0.5) is 5.82 Å². The van der Waals surface area contributed by atoms with Crippen molar-refractivity contribution < 1.29 is 9.53 Å². The second-order valence-corrected chi connectivity index (χ2v) is 7.20. The first kappa shape index (κ1) is 18.9. The molecule has 0 radical (unpaired) electrons. The highest BCUT2D eigenvalue weighted by Gasteiger charge is 2.25. The smallest absolute Gasteiger partial charge is 0.242 e. The number of benzene rings is 2. The van der Waals surface area contributed by atoms with Crippen LogP contribution in [0.1, 0.15) is 11.1 Å². The Hall–Kier alpha value is -3.41. The second kappa shape index (κ2) is 8.31. The van der Waals surface area contributed by atoms with Gasteiger partial charge in [-0.15, -0.1) is 10.2 Å². The normalized spacial score (nSPS) is 14.2. The van der Waals surface area contributed by atoms with Gasteiger partial charge in [0, 0.05) is 25.2 Å². The van der Waals surface area contributed by atoms with Gasteiger partial charge in [-0.25, -0.2) is 0 Å². The zero-order chi connectivity index (χ0) is 20.2. The molecule has 148 valence electrons. The minimum Gasteiger partial charge on any atom is -0.496 e. The first-order chi connectivity index (χ1) is 14.1. The quantitative estimate of drug-likeness (QED) is 0.671. The maximum Gasteiger partial charge on any atom is 0.242 e. The second-order valence-electron chi connectivity index (χ2n) is 7.20. The Balaban J connectivity index is 1.43. The van der Waals surface area contributed by atoms with Gasteiger partial charge in [0.1, 0.15) is 5.75 Å². The van der Waals surface area contributed by atoms with E-state index in [-0.39, 0.29) is 5.91 Å². The third kappa shape index (κ3) is 4.21. The zero-order valence-electron chi connectivity index (χ0n) is 16.7. The molecule has 3 aromatic rings. The molecule has 0 aliphatic carbocycles. The maximum atomic E-state index is 12.7. The number of piperazine rings is 1. The van der Waals surface area contributed by atoms with Crippen LogP contribution in [0, 0.1) is 6.92 Å². The van der Waals surface area contributed by atoms with Crippen molar-refractivity contribution in [1.82, 2.24) is 15.1 Å². The van der Waals surface area contributed by atoms with Gasteiger partial charge >= 0.3 is 0 Å². The van der Waals surface area contributed by atoms with E-state index in [9.17, 15) is 4.79 Å². The highest BCUT2D eigenvalue weighted by molar-refractivity contribution is 5.82. The third-order valence-electron chi connectivity index (χ3n) is 5.13. The molecule has 1 amide bonds. The molecule has 0 unspecified atom stereocenters. The molecule has 2 heterocycles.